The smallest absolute Gasteiger partial charge is 0.279 e. The Kier molecular flexibility index (Phi) is 5.61. The fourth-order valence-corrected chi connectivity index (χ4v) is 3.16. The monoisotopic (exact) mass is 393 g/mol. The fraction of sp³-hybridized carbons (Fsp3) is 0.0455. The van der Waals surface area contributed by atoms with Crippen LogP contribution in [-0.4, -0.2) is 28.5 Å². The Morgan fingerprint density at radius 2 is 1.59 bits per heavy atom. The van der Waals surface area contributed by atoms with E-state index in [4.69, 9.17) is 0 Å². The van der Waals surface area contributed by atoms with Gasteiger partial charge in [0.15, 0.2) is 11.6 Å². The summed E-state index contributed by atoms with van der Waals surface area (Å²) in [7, 11) is 1.67. The zero-order valence-electron chi connectivity index (χ0n) is 15.4. The lowest BCUT2D eigenvalue weighted by molar-refractivity contribution is 0.556. The topological polar surface area (TPSA) is 78.8 Å². The fourth-order valence-electron chi connectivity index (χ4n) is 3.16. The molecule has 0 spiro atoms. The predicted octanol–water partition coefficient (Wildman–Crippen LogP) is 3.55. The lowest BCUT2D eigenvalue weighted by atomic mass is 10.0. The Hall–Kier alpha value is -3.71. The van der Waals surface area contributed by atoms with Crippen LogP contribution in [0.25, 0.3) is 27.7 Å². The quantitative estimate of drug-likeness (QED) is 0.499. The van der Waals surface area contributed by atoms with Gasteiger partial charge in [-0.2, -0.15) is 9.78 Å². The van der Waals surface area contributed by atoms with Crippen molar-refractivity contribution >= 4 is 17.0 Å². The van der Waals surface area contributed by atoms with E-state index in [9.17, 15) is 13.6 Å². The summed E-state index contributed by atoms with van der Waals surface area (Å²) in [5, 5.41) is 5.27. The highest BCUT2D eigenvalue weighted by Crippen LogP contribution is 2.26. The number of fused-ring (bicyclic) bond motifs is 1. The molecule has 5 nitrogen and oxygen atoms in total. The van der Waals surface area contributed by atoms with Crippen LogP contribution >= 0.6 is 0 Å². The van der Waals surface area contributed by atoms with Crippen molar-refractivity contribution in [1.29, 1.82) is 0 Å². The number of rotatable bonds is 3. The molecule has 1 aromatic heterocycles. The van der Waals surface area contributed by atoms with Crippen LogP contribution in [-0.2, 0) is 0 Å². The minimum atomic E-state index is -0.859. The average molecular weight is 393 g/mol. The highest BCUT2D eigenvalue weighted by Gasteiger charge is 2.18. The van der Waals surface area contributed by atoms with Gasteiger partial charge < -0.3 is 5.48 Å². The maximum atomic E-state index is 14.4. The van der Waals surface area contributed by atoms with Crippen LogP contribution in [0.5, 0.6) is 0 Å². The molecule has 7 heteroatoms. The van der Waals surface area contributed by atoms with Gasteiger partial charge in [-0.15, -0.1) is 0 Å². The second-order valence-electron chi connectivity index (χ2n) is 6.19. The maximum absolute atomic E-state index is 14.4. The standard InChI is InChI=1S/C22H15F2N3O.H2O/c1-25-13-14-6-4-7-15(12-14)20-16-8-2-3-9-17(16)22(28)27(26-20)21-18(23)10-5-11-19(21)24;/h2-13H,1H3;1H2/b25-13-;. The van der Waals surface area contributed by atoms with E-state index in [0.29, 0.717) is 22.0 Å². The van der Waals surface area contributed by atoms with Gasteiger partial charge in [0.2, 0.25) is 0 Å². The number of aliphatic imine (C=N–C) groups is 1. The molecule has 29 heavy (non-hydrogen) atoms. The van der Waals surface area contributed by atoms with Crippen LogP contribution in [0.4, 0.5) is 8.78 Å². The summed E-state index contributed by atoms with van der Waals surface area (Å²) < 4.78 is 29.5. The van der Waals surface area contributed by atoms with Crippen molar-refractivity contribution in [3.05, 3.63) is 94.3 Å². The molecule has 0 radical (unpaired) electrons. The highest BCUT2D eigenvalue weighted by molar-refractivity contribution is 5.95. The first kappa shape index (κ1) is 20.0. The maximum Gasteiger partial charge on any atom is 0.279 e. The van der Waals surface area contributed by atoms with Gasteiger partial charge in [-0.05, 0) is 29.8 Å². The van der Waals surface area contributed by atoms with E-state index in [0.717, 1.165) is 22.4 Å². The summed E-state index contributed by atoms with van der Waals surface area (Å²) in [6.45, 7) is 0. The Labute approximate surface area is 164 Å². The molecule has 0 unspecified atom stereocenters. The first-order valence-electron chi connectivity index (χ1n) is 8.59. The van der Waals surface area contributed by atoms with Crippen LogP contribution in [0.2, 0.25) is 0 Å². The molecule has 0 aliphatic carbocycles. The second kappa shape index (κ2) is 8.12. The van der Waals surface area contributed by atoms with Gasteiger partial charge in [-0.3, -0.25) is 9.79 Å². The Balaban J connectivity index is 0.00000240. The molecule has 0 amide bonds. The Bertz CT molecular complexity index is 1260. The third-order valence-electron chi connectivity index (χ3n) is 4.39. The number of aromatic nitrogens is 2. The summed E-state index contributed by atoms with van der Waals surface area (Å²) in [5.74, 6) is -1.72. The van der Waals surface area contributed by atoms with Crippen molar-refractivity contribution in [1.82, 2.24) is 9.78 Å². The minimum Gasteiger partial charge on any atom is -0.412 e. The van der Waals surface area contributed by atoms with Crippen LogP contribution in [0, 0.1) is 11.6 Å². The lowest BCUT2D eigenvalue weighted by Crippen LogP contribution is -2.24. The summed E-state index contributed by atoms with van der Waals surface area (Å²) in [6, 6.07) is 17.7. The normalized spacial score (nSPS) is 11.0. The number of nitrogens with zero attached hydrogens (tertiary/aromatic N) is 3. The molecule has 146 valence electrons. The molecule has 0 fully saturated rings. The van der Waals surface area contributed by atoms with Gasteiger partial charge in [0, 0.05) is 24.2 Å². The minimum absolute atomic E-state index is 0. The van der Waals surface area contributed by atoms with Gasteiger partial charge in [-0.1, -0.05) is 42.5 Å². The van der Waals surface area contributed by atoms with Crippen molar-refractivity contribution in [3.63, 3.8) is 0 Å². The first-order chi connectivity index (χ1) is 13.6. The van der Waals surface area contributed by atoms with E-state index in [2.05, 4.69) is 10.1 Å². The van der Waals surface area contributed by atoms with Crippen molar-refractivity contribution in [2.45, 2.75) is 0 Å². The van der Waals surface area contributed by atoms with Gasteiger partial charge >= 0.3 is 0 Å². The molecule has 1 heterocycles. The van der Waals surface area contributed by atoms with E-state index in [1.807, 2.05) is 24.3 Å². The zero-order valence-corrected chi connectivity index (χ0v) is 15.4. The van der Waals surface area contributed by atoms with Crippen molar-refractivity contribution in [2.24, 2.45) is 4.99 Å². The molecular formula is C22H17F2N3O2. The molecule has 0 saturated heterocycles. The van der Waals surface area contributed by atoms with E-state index < -0.39 is 22.9 Å². The zero-order chi connectivity index (χ0) is 19.7. The molecular weight excluding hydrogens is 376 g/mol. The molecule has 0 aliphatic rings. The first-order valence-corrected chi connectivity index (χ1v) is 8.59. The number of para-hydroxylation sites is 1. The number of hydrogen-bond acceptors (Lipinski definition) is 3. The van der Waals surface area contributed by atoms with Gasteiger partial charge in [0.25, 0.3) is 5.56 Å². The SMILES string of the molecule is C/N=C\c1cccc(-c2nn(-c3c(F)cccc3F)c(=O)c3ccccc23)c1.O. The number of benzene rings is 3. The van der Waals surface area contributed by atoms with Crippen molar-refractivity contribution in [2.75, 3.05) is 7.05 Å². The molecule has 4 rings (SSSR count). The largest absolute Gasteiger partial charge is 0.412 e. The van der Waals surface area contributed by atoms with E-state index in [1.54, 1.807) is 37.5 Å². The summed E-state index contributed by atoms with van der Waals surface area (Å²) in [6.07, 6.45) is 1.69. The van der Waals surface area contributed by atoms with Crippen LogP contribution in [0.3, 0.4) is 0 Å². The third-order valence-corrected chi connectivity index (χ3v) is 4.39. The van der Waals surface area contributed by atoms with E-state index >= 15 is 0 Å². The highest BCUT2D eigenvalue weighted by atomic mass is 19.1. The number of halogens is 2. The Morgan fingerprint density at radius 3 is 2.28 bits per heavy atom. The molecule has 0 saturated carbocycles. The summed E-state index contributed by atoms with van der Waals surface area (Å²) >= 11 is 0. The molecule has 0 bridgehead atoms. The van der Waals surface area contributed by atoms with Crippen molar-refractivity contribution < 1.29 is 14.3 Å². The van der Waals surface area contributed by atoms with Gasteiger partial charge in [0.05, 0.1) is 11.1 Å². The summed E-state index contributed by atoms with van der Waals surface area (Å²) in [5.41, 5.74) is 0.921. The third kappa shape index (κ3) is 3.55. The van der Waals surface area contributed by atoms with Crippen LogP contribution in [0.1, 0.15) is 5.56 Å². The molecule has 0 atom stereocenters. The Morgan fingerprint density at radius 1 is 0.931 bits per heavy atom. The lowest BCUT2D eigenvalue weighted by Gasteiger charge is -2.12. The molecule has 3 aromatic carbocycles. The predicted molar refractivity (Wildman–Crippen MR) is 110 cm³/mol. The second-order valence-corrected chi connectivity index (χ2v) is 6.19. The average Bonchev–Trinajstić information content (AvgIpc) is 2.70. The molecule has 4 aromatic rings. The van der Waals surface area contributed by atoms with Crippen LogP contribution in [0.15, 0.2) is 76.5 Å². The molecule has 0 aliphatic heterocycles. The van der Waals surface area contributed by atoms with Crippen LogP contribution < -0.4 is 5.56 Å². The van der Waals surface area contributed by atoms with Gasteiger partial charge in [0.1, 0.15) is 5.69 Å². The molecule has 2 N–H and O–H groups in total. The number of hydrogen-bond donors (Lipinski definition) is 0. The van der Waals surface area contributed by atoms with Gasteiger partial charge in [-0.25, -0.2) is 8.78 Å². The summed E-state index contributed by atoms with van der Waals surface area (Å²) in [4.78, 5) is 16.9. The van der Waals surface area contributed by atoms with E-state index in [-0.39, 0.29) is 5.48 Å². The van der Waals surface area contributed by atoms with Crippen molar-refractivity contribution in [3.8, 4) is 16.9 Å². The van der Waals surface area contributed by atoms with E-state index in [1.165, 1.54) is 6.07 Å².